The molecule has 0 saturated heterocycles. The van der Waals surface area contributed by atoms with E-state index < -0.39 is 5.97 Å². The average Bonchev–Trinajstić information content (AvgIpc) is 2.29. The number of hydrogen-bond acceptors (Lipinski definition) is 4. The molecule has 0 spiro atoms. The number of benzene rings is 1. The van der Waals surface area contributed by atoms with Crippen molar-refractivity contribution >= 4 is 5.97 Å². The van der Waals surface area contributed by atoms with Gasteiger partial charge in [0.25, 0.3) is 0 Å². The van der Waals surface area contributed by atoms with Crippen LogP contribution in [-0.2, 0) is 4.74 Å². The minimum Gasteiger partial charge on any atom is -0.496 e. The van der Waals surface area contributed by atoms with Gasteiger partial charge in [0, 0.05) is 0 Å². The molecule has 84 valence electrons. The maximum Gasteiger partial charge on any atom is 0.339 e. The minimum absolute atomic E-state index is 0.265. The van der Waals surface area contributed by atoms with Crippen LogP contribution in [0.15, 0.2) is 12.1 Å². The number of esters is 1. The summed E-state index contributed by atoms with van der Waals surface area (Å²) in [4.78, 5) is 11.6. The minimum atomic E-state index is -0.482. The van der Waals surface area contributed by atoms with Gasteiger partial charge in [0.15, 0.2) is 0 Å². The first-order chi connectivity index (χ1) is 7.63. The average molecular weight is 219 g/mol. The summed E-state index contributed by atoms with van der Waals surface area (Å²) in [7, 11) is 1.52. The molecule has 0 aliphatic rings. The van der Waals surface area contributed by atoms with Gasteiger partial charge in [-0.2, -0.15) is 5.26 Å². The van der Waals surface area contributed by atoms with Crippen LogP contribution in [0.1, 0.15) is 28.4 Å². The van der Waals surface area contributed by atoms with Crippen LogP contribution in [0, 0.1) is 18.3 Å². The van der Waals surface area contributed by atoms with E-state index in [-0.39, 0.29) is 17.7 Å². The molecule has 0 N–H and O–H groups in total. The van der Waals surface area contributed by atoms with Crippen LogP contribution in [0.2, 0.25) is 0 Å². The number of aryl methyl sites for hydroxylation is 1. The number of hydrogen-bond donors (Lipinski definition) is 0. The van der Waals surface area contributed by atoms with Crippen molar-refractivity contribution in [2.45, 2.75) is 13.8 Å². The normalized spacial score (nSPS) is 9.38. The number of rotatable bonds is 3. The van der Waals surface area contributed by atoms with Crippen molar-refractivity contribution in [3.63, 3.8) is 0 Å². The van der Waals surface area contributed by atoms with Crippen molar-refractivity contribution in [2.75, 3.05) is 13.7 Å². The molecule has 0 bridgehead atoms. The Morgan fingerprint density at radius 1 is 1.50 bits per heavy atom. The Bertz CT molecular complexity index is 446. The quantitative estimate of drug-likeness (QED) is 0.730. The Labute approximate surface area is 94.4 Å². The van der Waals surface area contributed by atoms with Crippen molar-refractivity contribution in [2.24, 2.45) is 0 Å². The van der Waals surface area contributed by atoms with Crippen LogP contribution in [0.5, 0.6) is 5.75 Å². The van der Waals surface area contributed by atoms with Crippen molar-refractivity contribution < 1.29 is 14.3 Å². The lowest BCUT2D eigenvalue weighted by Gasteiger charge is -2.08. The second-order valence-corrected chi connectivity index (χ2v) is 3.20. The fraction of sp³-hybridized carbons (Fsp3) is 0.333. The van der Waals surface area contributed by atoms with E-state index >= 15 is 0 Å². The summed E-state index contributed by atoms with van der Waals surface area (Å²) in [5, 5.41) is 8.93. The predicted molar refractivity (Wildman–Crippen MR) is 58.4 cm³/mol. The zero-order chi connectivity index (χ0) is 12.1. The van der Waals surface area contributed by atoms with Gasteiger partial charge in [-0.05, 0) is 31.5 Å². The van der Waals surface area contributed by atoms with Crippen LogP contribution in [-0.4, -0.2) is 19.7 Å². The van der Waals surface area contributed by atoms with Gasteiger partial charge in [-0.3, -0.25) is 0 Å². The molecular weight excluding hydrogens is 206 g/mol. The first-order valence-electron chi connectivity index (χ1n) is 4.89. The highest BCUT2D eigenvalue weighted by molar-refractivity contribution is 5.92. The Morgan fingerprint density at radius 3 is 2.69 bits per heavy atom. The zero-order valence-electron chi connectivity index (χ0n) is 9.53. The molecule has 0 aliphatic heterocycles. The van der Waals surface area contributed by atoms with Gasteiger partial charge in [0.1, 0.15) is 11.8 Å². The van der Waals surface area contributed by atoms with Crippen LogP contribution < -0.4 is 4.74 Å². The summed E-state index contributed by atoms with van der Waals surface area (Å²) in [6, 6.07) is 5.11. The lowest BCUT2D eigenvalue weighted by atomic mass is 10.0. The predicted octanol–water partition coefficient (Wildman–Crippen LogP) is 2.05. The van der Waals surface area contributed by atoms with Gasteiger partial charge in [-0.1, -0.05) is 0 Å². The molecule has 0 aliphatic carbocycles. The molecular formula is C12H13NO3. The van der Waals surface area contributed by atoms with Crippen molar-refractivity contribution in [1.82, 2.24) is 0 Å². The molecule has 1 aromatic rings. The van der Waals surface area contributed by atoms with Gasteiger partial charge in [0.2, 0.25) is 0 Å². The molecule has 0 radical (unpaired) electrons. The monoisotopic (exact) mass is 219 g/mol. The third-order valence-electron chi connectivity index (χ3n) is 2.15. The Balaban J connectivity index is 3.24. The number of carbonyl (C=O) groups is 1. The van der Waals surface area contributed by atoms with Gasteiger partial charge in [0.05, 0.1) is 24.8 Å². The molecule has 0 saturated carbocycles. The third-order valence-corrected chi connectivity index (χ3v) is 2.15. The summed E-state index contributed by atoms with van der Waals surface area (Å²) in [6.07, 6.45) is 0. The highest BCUT2D eigenvalue weighted by Gasteiger charge is 2.15. The lowest BCUT2D eigenvalue weighted by molar-refractivity contribution is 0.0526. The third kappa shape index (κ3) is 2.31. The highest BCUT2D eigenvalue weighted by Crippen LogP contribution is 2.23. The summed E-state index contributed by atoms with van der Waals surface area (Å²) in [6.45, 7) is 3.82. The molecule has 16 heavy (non-hydrogen) atoms. The van der Waals surface area contributed by atoms with E-state index in [1.54, 1.807) is 19.1 Å². The first-order valence-corrected chi connectivity index (χ1v) is 4.89. The fourth-order valence-corrected chi connectivity index (χ4v) is 1.38. The van der Waals surface area contributed by atoms with E-state index in [2.05, 4.69) is 0 Å². The maximum atomic E-state index is 11.6. The Kier molecular flexibility index (Phi) is 3.90. The lowest BCUT2D eigenvalue weighted by Crippen LogP contribution is -2.08. The van der Waals surface area contributed by atoms with Crippen LogP contribution in [0.25, 0.3) is 0 Å². The summed E-state index contributed by atoms with van der Waals surface area (Å²) in [5.41, 5.74) is 1.34. The number of carbonyl (C=O) groups excluding carboxylic acids is 1. The number of ether oxygens (including phenoxy) is 2. The molecule has 1 aromatic carbocycles. The van der Waals surface area contributed by atoms with Crippen molar-refractivity contribution in [3.05, 3.63) is 28.8 Å². The van der Waals surface area contributed by atoms with Crippen LogP contribution in [0.4, 0.5) is 0 Å². The van der Waals surface area contributed by atoms with E-state index in [4.69, 9.17) is 14.7 Å². The molecule has 1 rings (SSSR count). The fourth-order valence-electron chi connectivity index (χ4n) is 1.38. The van der Waals surface area contributed by atoms with Gasteiger partial charge in [-0.15, -0.1) is 0 Å². The van der Waals surface area contributed by atoms with E-state index in [1.807, 2.05) is 13.0 Å². The van der Waals surface area contributed by atoms with Crippen molar-refractivity contribution in [3.8, 4) is 11.8 Å². The standard InChI is InChI=1S/C12H13NO3/c1-4-16-12(14)10-5-8(2)11(15-3)6-9(10)7-13/h5-6H,4H2,1-3H3. The molecule has 0 unspecified atom stereocenters. The van der Waals surface area contributed by atoms with E-state index in [9.17, 15) is 4.79 Å². The smallest absolute Gasteiger partial charge is 0.339 e. The first kappa shape index (κ1) is 12.1. The number of nitriles is 1. The van der Waals surface area contributed by atoms with E-state index in [1.165, 1.54) is 7.11 Å². The Morgan fingerprint density at radius 2 is 2.19 bits per heavy atom. The maximum absolute atomic E-state index is 11.6. The summed E-state index contributed by atoms with van der Waals surface area (Å²) in [5.74, 6) is 0.106. The van der Waals surface area contributed by atoms with Crippen LogP contribution >= 0.6 is 0 Å². The molecule has 0 atom stereocenters. The van der Waals surface area contributed by atoms with Crippen LogP contribution in [0.3, 0.4) is 0 Å². The molecule has 0 aromatic heterocycles. The summed E-state index contributed by atoms with van der Waals surface area (Å²) < 4.78 is 9.95. The molecule has 0 fully saturated rings. The largest absolute Gasteiger partial charge is 0.496 e. The van der Waals surface area contributed by atoms with E-state index in [0.29, 0.717) is 5.75 Å². The molecule has 0 amide bonds. The van der Waals surface area contributed by atoms with Gasteiger partial charge in [-0.25, -0.2) is 4.79 Å². The second-order valence-electron chi connectivity index (χ2n) is 3.20. The Hall–Kier alpha value is -2.02. The molecule has 4 heteroatoms. The second kappa shape index (κ2) is 5.17. The molecule has 0 heterocycles. The van der Waals surface area contributed by atoms with Gasteiger partial charge < -0.3 is 9.47 Å². The topological polar surface area (TPSA) is 59.3 Å². The molecule has 4 nitrogen and oxygen atoms in total. The zero-order valence-corrected chi connectivity index (χ0v) is 9.53. The van der Waals surface area contributed by atoms with E-state index in [0.717, 1.165) is 5.56 Å². The van der Waals surface area contributed by atoms with Crippen molar-refractivity contribution in [1.29, 1.82) is 5.26 Å². The highest BCUT2D eigenvalue weighted by atomic mass is 16.5. The summed E-state index contributed by atoms with van der Waals surface area (Å²) >= 11 is 0. The van der Waals surface area contributed by atoms with Gasteiger partial charge >= 0.3 is 5.97 Å². The number of methoxy groups -OCH3 is 1. The SMILES string of the molecule is CCOC(=O)c1cc(C)c(OC)cc1C#N. The number of nitrogens with zero attached hydrogens (tertiary/aromatic N) is 1.